The fourth-order valence-corrected chi connectivity index (χ4v) is 2.33. The van der Waals surface area contributed by atoms with Gasteiger partial charge in [0.25, 0.3) is 0 Å². The molecule has 0 saturated heterocycles. The Balaban J connectivity index is 3.33. The number of aryl methyl sites for hydroxylation is 2. The Labute approximate surface area is 122 Å². The van der Waals surface area contributed by atoms with Gasteiger partial charge in [-0.2, -0.15) is 0 Å². The van der Waals surface area contributed by atoms with Gasteiger partial charge in [0.1, 0.15) is 6.04 Å². The molecule has 1 aromatic rings. The SMILES string of the molecule is Cc1cccc(C)c1C(C(N)=O)N(CC(=O)[O-])CC(=O)[O-]. The van der Waals surface area contributed by atoms with E-state index in [2.05, 4.69) is 0 Å². The Kier molecular flexibility index (Phi) is 5.43. The molecule has 1 atom stereocenters. The van der Waals surface area contributed by atoms with Gasteiger partial charge in [0.15, 0.2) is 0 Å². The highest BCUT2D eigenvalue weighted by atomic mass is 16.4. The minimum absolute atomic E-state index is 0.493. The van der Waals surface area contributed by atoms with Crippen LogP contribution in [0.3, 0.4) is 0 Å². The van der Waals surface area contributed by atoms with Crippen LogP contribution in [0.1, 0.15) is 22.7 Å². The summed E-state index contributed by atoms with van der Waals surface area (Å²) in [5, 5.41) is 21.6. The lowest BCUT2D eigenvalue weighted by atomic mass is 9.94. The third-order valence-corrected chi connectivity index (χ3v) is 3.11. The molecule has 1 aromatic carbocycles. The van der Waals surface area contributed by atoms with E-state index in [9.17, 15) is 24.6 Å². The molecule has 0 fully saturated rings. The van der Waals surface area contributed by atoms with Crippen LogP contribution in [-0.2, 0) is 14.4 Å². The van der Waals surface area contributed by atoms with Crippen LogP contribution in [0.25, 0.3) is 0 Å². The van der Waals surface area contributed by atoms with Crippen LogP contribution in [0.4, 0.5) is 0 Å². The molecule has 2 N–H and O–H groups in total. The molecule has 0 heterocycles. The molecular weight excluding hydrogens is 276 g/mol. The Bertz CT molecular complexity index is 534. The Morgan fingerprint density at radius 1 is 1.10 bits per heavy atom. The largest absolute Gasteiger partial charge is 0.549 e. The monoisotopic (exact) mass is 292 g/mol. The zero-order chi connectivity index (χ0) is 16.2. The lowest BCUT2D eigenvalue weighted by molar-refractivity contribution is -0.310. The van der Waals surface area contributed by atoms with Crippen molar-refractivity contribution in [1.29, 1.82) is 0 Å². The molecule has 21 heavy (non-hydrogen) atoms. The first-order chi connectivity index (χ1) is 9.73. The van der Waals surface area contributed by atoms with E-state index in [1.807, 2.05) is 0 Å². The van der Waals surface area contributed by atoms with Crippen LogP contribution in [0.5, 0.6) is 0 Å². The highest BCUT2D eigenvalue weighted by molar-refractivity contribution is 5.84. The molecule has 0 saturated carbocycles. The maximum absolute atomic E-state index is 11.8. The summed E-state index contributed by atoms with van der Waals surface area (Å²) in [6.45, 7) is 1.98. The number of amides is 1. The molecule has 7 nitrogen and oxygen atoms in total. The summed E-state index contributed by atoms with van der Waals surface area (Å²) >= 11 is 0. The average Bonchev–Trinajstić information content (AvgIpc) is 2.31. The summed E-state index contributed by atoms with van der Waals surface area (Å²) in [7, 11) is 0. The standard InChI is InChI=1S/C14H18N2O5/c1-8-4-3-5-9(2)12(8)13(14(15)21)16(6-10(17)18)7-11(19)20/h3-5,13H,6-7H2,1-2H3,(H2,15,21)(H,17,18)(H,19,20)/p-2. The van der Waals surface area contributed by atoms with Gasteiger partial charge in [0, 0.05) is 13.1 Å². The number of carbonyl (C=O) groups excluding carboxylic acids is 3. The van der Waals surface area contributed by atoms with E-state index in [0.717, 1.165) is 4.90 Å². The molecule has 7 heteroatoms. The smallest absolute Gasteiger partial charge is 0.239 e. The van der Waals surface area contributed by atoms with Gasteiger partial charge in [0.05, 0.1) is 11.9 Å². The normalized spacial score (nSPS) is 12.1. The number of nitrogens with two attached hydrogens (primary N) is 1. The van der Waals surface area contributed by atoms with E-state index >= 15 is 0 Å². The molecule has 0 bridgehead atoms. The highest BCUT2D eigenvalue weighted by Gasteiger charge is 2.28. The first kappa shape index (κ1) is 16.6. The predicted octanol–water partition coefficient (Wildman–Crippen LogP) is -2.37. The van der Waals surface area contributed by atoms with Gasteiger partial charge in [0.2, 0.25) is 5.91 Å². The van der Waals surface area contributed by atoms with E-state index in [-0.39, 0.29) is 0 Å². The summed E-state index contributed by atoms with van der Waals surface area (Å²) < 4.78 is 0. The molecule has 1 rings (SSSR count). The van der Waals surface area contributed by atoms with Crippen molar-refractivity contribution in [1.82, 2.24) is 4.90 Å². The van der Waals surface area contributed by atoms with Gasteiger partial charge < -0.3 is 25.5 Å². The molecule has 114 valence electrons. The number of hydrogen-bond donors (Lipinski definition) is 1. The van der Waals surface area contributed by atoms with Crippen LogP contribution in [0.15, 0.2) is 18.2 Å². The van der Waals surface area contributed by atoms with Crippen molar-refractivity contribution in [3.63, 3.8) is 0 Å². The lowest BCUT2D eigenvalue weighted by Gasteiger charge is -2.32. The van der Waals surface area contributed by atoms with Gasteiger partial charge in [-0.1, -0.05) is 18.2 Å². The predicted molar refractivity (Wildman–Crippen MR) is 69.4 cm³/mol. The molecule has 0 radical (unpaired) electrons. The Morgan fingerprint density at radius 3 is 1.86 bits per heavy atom. The van der Waals surface area contributed by atoms with Crippen molar-refractivity contribution in [2.75, 3.05) is 13.1 Å². The van der Waals surface area contributed by atoms with E-state index in [1.165, 1.54) is 0 Å². The maximum Gasteiger partial charge on any atom is 0.239 e. The molecule has 0 aliphatic rings. The zero-order valence-electron chi connectivity index (χ0n) is 11.8. The second kappa shape index (κ2) is 6.85. The van der Waals surface area contributed by atoms with Crippen molar-refractivity contribution in [2.45, 2.75) is 19.9 Å². The molecular formula is C14H16N2O5-2. The van der Waals surface area contributed by atoms with Gasteiger partial charge >= 0.3 is 0 Å². The fourth-order valence-electron chi connectivity index (χ4n) is 2.33. The van der Waals surface area contributed by atoms with Crippen LogP contribution in [0.2, 0.25) is 0 Å². The quantitative estimate of drug-likeness (QED) is 0.598. The number of carbonyl (C=O) groups is 3. The molecule has 1 amide bonds. The number of primary amides is 1. The fraction of sp³-hybridized carbons (Fsp3) is 0.357. The molecule has 0 spiro atoms. The lowest BCUT2D eigenvalue weighted by Crippen LogP contribution is -2.49. The van der Waals surface area contributed by atoms with E-state index in [4.69, 9.17) is 5.73 Å². The minimum atomic E-state index is -1.51. The summed E-state index contributed by atoms with van der Waals surface area (Å²) in [4.78, 5) is 34.3. The van der Waals surface area contributed by atoms with Crippen molar-refractivity contribution >= 4 is 17.8 Å². The minimum Gasteiger partial charge on any atom is -0.549 e. The van der Waals surface area contributed by atoms with Crippen LogP contribution >= 0.6 is 0 Å². The summed E-state index contributed by atoms with van der Waals surface area (Å²) in [5.41, 5.74) is 7.26. The molecule has 0 aromatic heterocycles. The summed E-state index contributed by atoms with van der Waals surface area (Å²) in [6.07, 6.45) is 0. The van der Waals surface area contributed by atoms with Crippen LogP contribution < -0.4 is 15.9 Å². The third-order valence-electron chi connectivity index (χ3n) is 3.11. The zero-order valence-corrected chi connectivity index (χ0v) is 11.8. The maximum atomic E-state index is 11.8. The Hall–Kier alpha value is -2.41. The molecule has 0 aliphatic carbocycles. The third kappa shape index (κ3) is 4.28. The summed E-state index contributed by atoms with van der Waals surface area (Å²) in [6, 6.07) is 4.05. The van der Waals surface area contributed by atoms with Crippen LogP contribution in [-0.4, -0.2) is 35.8 Å². The highest BCUT2D eigenvalue weighted by Crippen LogP contribution is 2.26. The van der Waals surface area contributed by atoms with Gasteiger partial charge in [-0.3, -0.25) is 9.69 Å². The van der Waals surface area contributed by atoms with Crippen molar-refractivity contribution in [3.05, 3.63) is 34.9 Å². The number of carboxylic acid groups (broad SMARTS) is 2. The molecule has 0 aliphatic heterocycles. The van der Waals surface area contributed by atoms with Crippen LogP contribution in [0, 0.1) is 13.8 Å². The first-order valence-electron chi connectivity index (χ1n) is 6.23. The molecule has 1 unspecified atom stereocenters. The number of aliphatic carboxylic acids is 2. The topological polar surface area (TPSA) is 127 Å². The average molecular weight is 292 g/mol. The van der Waals surface area contributed by atoms with Gasteiger partial charge in [-0.25, -0.2) is 0 Å². The number of rotatable bonds is 7. The van der Waals surface area contributed by atoms with E-state index in [0.29, 0.717) is 16.7 Å². The number of carboxylic acids is 2. The Morgan fingerprint density at radius 2 is 1.52 bits per heavy atom. The van der Waals surface area contributed by atoms with Gasteiger partial charge in [-0.15, -0.1) is 0 Å². The van der Waals surface area contributed by atoms with E-state index in [1.54, 1.807) is 32.0 Å². The second-order valence-corrected chi connectivity index (χ2v) is 4.76. The second-order valence-electron chi connectivity index (χ2n) is 4.76. The van der Waals surface area contributed by atoms with Crippen molar-refractivity contribution in [2.24, 2.45) is 5.73 Å². The number of benzene rings is 1. The number of nitrogens with zero attached hydrogens (tertiary/aromatic N) is 1. The first-order valence-corrected chi connectivity index (χ1v) is 6.23. The van der Waals surface area contributed by atoms with Gasteiger partial charge in [-0.05, 0) is 30.5 Å². The van der Waals surface area contributed by atoms with Crippen molar-refractivity contribution < 1.29 is 24.6 Å². The number of hydrogen-bond acceptors (Lipinski definition) is 6. The van der Waals surface area contributed by atoms with Crippen molar-refractivity contribution in [3.8, 4) is 0 Å². The van der Waals surface area contributed by atoms with E-state index < -0.39 is 37.0 Å². The summed E-state index contributed by atoms with van der Waals surface area (Å²) in [5.74, 6) is -3.85.